The number of anilines is 4. The van der Waals surface area contributed by atoms with Crippen molar-refractivity contribution in [3.05, 3.63) is 76.6 Å². The number of nitro groups is 1. The van der Waals surface area contributed by atoms with Crippen molar-refractivity contribution in [2.24, 2.45) is 0 Å². The second kappa shape index (κ2) is 9.46. The van der Waals surface area contributed by atoms with E-state index in [1.807, 2.05) is 37.3 Å². The number of nitrogens with one attached hydrogen (secondary N) is 1. The zero-order valence-corrected chi connectivity index (χ0v) is 16.6. The molecule has 0 radical (unpaired) electrons. The molecule has 30 heavy (non-hydrogen) atoms. The number of carbonyl (C=O) groups is 1. The molecule has 0 saturated carbocycles. The summed E-state index contributed by atoms with van der Waals surface area (Å²) < 4.78 is 5.07. The molecule has 0 bridgehead atoms. The van der Waals surface area contributed by atoms with Gasteiger partial charge in [0.1, 0.15) is 6.33 Å². The molecule has 1 heterocycles. The molecule has 1 N–H and O–H groups in total. The summed E-state index contributed by atoms with van der Waals surface area (Å²) in [6.07, 6.45) is 1.25. The standard InChI is InChI=1S/C21H21N5O4/c1-3-25(15-10-6-5-7-11-15)20-18(26(28)29)19(22-14-23-20)24-17-13-9-8-12-16(17)21(27)30-4-2/h5-14H,3-4H2,1-2H3,(H,22,23,24). The monoisotopic (exact) mass is 407 g/mol. The second-order valence-electron chi connectivity index (χ2n) is 6.12. The number of ether oxygens (including phenoxy) is 1. The molecule has 0 aliphatic carbocycles. The van der Waals surface area contributed by atoms with Crippen molar-refractivity contribution in [2.75, 3.05) is 23.4 Å². The zero-order valence-electron chi connectivity index (χ0n) is 16.6. The number of carbonyl (C=O) groups excluding carboxylic acids is 1. The summed E-state index contributed by atoms with van der Waals surface area (Å²) in [6, 6.07) is 15.9. The topological polar surface area (TPSA) is 110 Å². The normalized spacial score (nSPS) is 10.3. The van der Waals surface area contributed by atoms with Crippen molar-refractivity contribution in [1.82, 2.24) is 9.97 Å². The predicted octanol–water partition coefficient (Wildman–Crippen LogP) is 4.46. The number of hydrogen-bond donors (Lipinski definition) is 1. The van der Waals surface area contributed by atoms with Crippen LogP contribution in [0.2, 0.25) is 0 Å². The van der Waals surface area contributed by atoms with Gasteiger partial charge in [-0.1, -0.05) is 30.3 Å². The molecule has 0 saturated heterocycles. The molecule has 9 heteroatoms. The molecular weight excluding hydrogens is 386 g/mol. The highest BCUT2D eigenvalue weighted by Crippen LogP contribution is 2.37. The van der Waals surface area contributed by atoms with Crippen LogP contribution in [-0.2, 0) is 4.74 Å². The molecule has 9 nitrogen and oxygen atoms in total. The van der Waals surface area contributed by atoms with Crippen LogP contribution in [0.5, 0.6) is 0 Å². The smallest absolute Gasteiger partial charge is 0.354 e. The number of benzene rings is 2. The molecule has 3 rings (SSSR count). The minimum absolute atomic E-state index is 0.0175. The Morgan fingerprint density at radius 3 is 2.47 bits per heavy atom. The number of rotatable bonds is 8. The molecule has 0 fully saturated rings. The summed E-state index contributed by atoms with van der Waals surface area (Å²) in [7, 11) is 0. The Labute approximate surface area is 173 Å². The van der Waals surface area contributed by atoms with E-state index < -0.39 is 10.9 Å². The number of para-hydroxylation sites is 2. The molecule has 0 aliphatic heterocycles. The van der Waals surface area contributed by atoms with E-state index in [1.165, 1.54) is 6.33 Å². The van der Waals surface area contributed by atoms with Gasteiger partial charge in [0.25, 0.3) is 0 Å². The first-order valence-corrected chi connectivity index (χ1v) is 9.41. The van der Waals surface area contributed by atoms with E-state index in [4.69, 9.17) is 4.74 Å². The average Bonchev–Trinajstić information content (AvgIpc) is 2.75. The highest BCUT2D eigenvalue weighted by atomic mass is 16.6. The zero-order chi connectivity index (χ0) is 21.5. The van der Waals surface area contributed by atoms with Crippen LogP contribution >= 0.6 is 0 Å². The van der Waals surface area contributed by atoms with Gasteiger partial charge in [0.2, 0.25) is 11.6 Å². The lowest BCUT2D eigenvalue weighted by Crippen LogP contribution is -2.20. The van der Waals surface area contributed by atoms with Crippen LogP contribution in [0.3, 0.4) is 0 Å². The Kier molecular flexibility index (Phi) is 6.53. The minimum Gasteiger partial charge on any atom is -0.462 e. The first kappa shape index (κ1) is 20.7. The summed E-state index contributed by atoms with van der Waals surface area (Å²) in [4.78, 5) is 33.7. The SMILES string of the molecule is CCOC(=O)c1ccccc1Nc1ncnc(N(CC)c2ccccc2)c1[N+](=O)[O-]. The Morgan fingerprint density at radius 1 is 1.10 bits per heavy atom. The van der Waals surface area contributed by atoms with E-state index in [-0.39, 0.29) is 29.5 Å². The maximum absolute atomic E-state index is 12.2. The van der Waals surface area contributed by atoms with E-state index in [0.717, 1.165) is 5.69 Å². The van der Waals surface area contributed by atoms with Crippen LogP contribution in [0.15, 0.2) is 60.9 Å². The molecule has 0 spiro atoms. The Morgan fingerprint density at radius 2 is 1.80 bits per heavy atom. The van der Waals surface area contributed by atoms with E-state index in [1.54, 1.807) is 36.1 Å². The summed E-state index contributed by atoms with van der Waals surface area (Å²) in [5, 5.41) is 14.9. The second-order valence-corrected chi connectivity index (χ2v) is 6.12. The van der Waals surface area contributed by atoms with Gasteiger partial charge in [-0.3, -0.25) is 10.1 Å². The Bertz CT molecular complexity index is 1040. The van der Waals surface area contributed by atoms with E-state index in [2.05, 4.69) is 15.3 Å². The molecule has 0 aliphatic rings. The van der Waals surface area contributed by atoms with Gasteiger partial charge in [0, 0.05) is 12.2 Å². The van der Waals surface area contributed by atoms with Crippen molar-refractivity contribution >= 4 is 34.7 Å². The van der Waals surface area contributed by atoms with Gasteiger partial charge in [0.15, 0.2) is 0 Å². The highest BCUT2D eigenvalue weighted by Gasteiger charge is 2.28. The van der Waals surface area contributed by atoms with Gasteiger partial charge in [0.05, 0.1) is 22.8 Å². The van der Waals surface area contributed by atoms with Crippen LogP contribution in [0.4, 0.5) is 28.7 Å². The molecule has 2 aromatic carbocycles. The third kappa shape index (κ3) is 4.35. The molecule has 154 valence electrons. The van der Waals surface area contributed by atoms with Crippen LogP contribution < -0.4 is 10.2 Å². The maximum atomic E-state index is 12.2. The lowest BCUT2D eigenvalue weighted by Gasteiger charge is -2.22. The van der Waals surface area contributed by atoms with Crippen LogP contribution in [-0.4, -0.2) is 34.0 Å². The highest BCUT2D eigenvalue weighted by molar-refractivity contribution is 5.97. The fourth-order valence-corrected chi connectivity index (χ4v) is 3.00. The number of aromatic nitrogens is 2. The van der Waals surface area contributed by atoms with Crippen LogP contribution in [0.1, 0.15) is 24.2 Å². The van der Waals surface area contributed by atoms with E-state index in [0.29, 0.717) is 12.2 Å². The predicted molar refractivity (Wildman–Crippen MR) is 113 cm³/mol. The van der Waals surface area contributed by atoms with Gasteiger partial charge in [-0.05, 0) is 38.1 Å². The van der Waals surface area contributed by atoms with Gasteiger partial charge in [-0.25, -0.2) is 14.8 Å². The van der Waals surface area contributed by atoms with E-state index >= 15 is 0 Å². The van der Waals surface area contributed by atoms with Gasteiger partial charge >= 0.3 is 11.7 Å². The largest absolute Gasteiger partial charge is 0.462 e. The first-order valence-electron chi connectivity index (χ1n) is 9.41. The maximum Gasteiger partial charge on any atom is 0.354 e. The van der Waals surface area contributed by atoms with E-state index in [9.17, 15) is 14.9 Å². The van der Waals surface area contributed by atoms with Crippen molar-refractivity contribution in [3.8, 4) is 0 Å². The number of esters is 1. The first-order chi connectivity index (χ1) is 14.6. The summed E-state index contributed by atoms with van der Waals surface area (Å²) >= 11 is 0. The average molecular weight is 407 g/mol. The van der Waals surface area contributed by atoms with Crippen molar-refractivity contribution in [2.45, 2.75) is 13.8 Å². The molecule has 0 unspecified atom stereocenters. The summed E-state index contributed by atoms with van der Waals surface area (Å²) in [6.45, 7) is 4.26. The third-order valence-corrected chi connectivity index (χ3v) is 4.30. The van der Waals surface area contributed by atoms with Gasteiger partial charge in [-0.15, -0.1) is 0 Å². The van der Waals surface area contributed by atoms with Crippen molar-refractivity contribution in [3.63, 3.8) is 0 Å². The number of nitrogens with zero attached hydrogens (tertiary/aromatic N) is 4. The molecule has 3 aromatic rings. The van der Waals surface area contributed by atoms with Crippen molar-refractivity contribution in [1.29, 1.82) is 0 Å². The summed E-state index contributed by atoms with van der Waals surface area (Å²) in [5.41, 5.74) is 1.08. The minimum atomic E-state index is -0.532. The van der Waals surface area contributed by atoms with Gasteiger partial charge < -0.3 is 15.0 Å². The lowest BCUT2D eigenvalue weighted by atomic mass is 10.1. The van der Waals surface area contributed by atoms with Crippen molar-refractivity contribution < 1.29 is 14.5 Å². The fraction of sp³-hybridized carbons (Fsp3) is 0.190. The molecule has 1 aromatic heterocycles. The quantitative estimate of drug-likeness (QED) is 0.331. The lowest BCUT2D eigenvalue weighted by molar-refractivity contribution is -0.383. The molecule has 0 atom stereocenters. The van der Waals surface area contributed by atoms with Gasteiger partial charge in [-0.2, -0.15) is 0 Å². The molecular formula is C21H21N5O4. The Hall–Kier alpha value is -4.01. The van der Waals surface area contributed by atoms with Crippen LogP contribution in [0.25, 0.3) is 0 Å². The number of hydrogen-bond acceptors (Lipinski definition) is 8. The molecule has 0 amide bonds. The fourth-order valence-electron chi connectivity index (χ4n) is 3.00. The summed E-state index contributed by atoms with van der Waals surface area (Å²) in [5.74, 6) is -0.395. The third-order valence-electron chi connectivity index (χ3n) is 4.30. The Balaban J connectivity index is 2.07. The van der Waals surface area contributed by atoms with Crippen LogP contribution in [0, 0.1) is 10.1 Å².